The predicted molar refractivity (Wildman–Crippen MR) is 73.2 cm³/mol. The van der Waals surface area contributed by atoms with E-state index in [1.165, 1.54) is 32.1 Å². The standard InChI is InChI=1S/C15H23NO2/c1-3-4-5-6-7-8-9-18-15-13(2)10-14(12-17)11-16-15/h10-12H,3-9H2,1-2H3. The average Bonchev–Trinajstić information content (AvgIpc) is 2.39. The van der Waals surface area contributed by atoms with Crippen LogP contribution in [0.1, 0.15) is 61.4 Å². The molecule has 0 saturated carbocycles. The molecular formula is C15H23NO2. The van der Waals surface area contributed by atoms with Gasteiger partial charge in [0.1, 0.15) is 0 Å². The Labute approximate surface area is 110 Å². The van der Waals surface area contributed by atoms with Crippen molar-refractivity contribution in [2.75, 3.05) is 6.61 Å². The van der Waals surface area contributed by atoms with Gasteiger partial charge in [-0.05, 0) is 19.4 Å². The highest BCUT2D eigenvalue weighted by Gasteiger charge is 2.02. The van der Waals surface area contributed by atoms with Gasteiger partial charge in [0.05, 0.1) is 6.61 Å². The third-order valence-corrected chi connectivity index (χ3v) is 2.92. The summed E-state index contributed by atoms with van der Waals surface area (Å²) in [6.07, 6.45) is 9.85. The number of aromatic nitrogens is 1. The molecule has 1 aromatic rings. The number of rotatable bonds is 9. The second kappa shape index (κ2) is 8.67. The first kappa shape index (κ1) is 14.7. The van der Waals surface area contributed by atoms with Crippen molar-refractivity contribution in [2.24, 2.45) is 0 Å². The summed E-state index contributed by atoms with van der Waals surface area (Å²) in [6, 6.07) is 1.80. The van der Waals surface area contributed by atoms with Crippen LogP contribution >= 0.6 is 0 Å². The first-order chi connectivity index (χ1) is 8.77. The molecule has 0 aliphatic carbocycles. The smallest absolute Gasteiger partial charge is 0.216 e. The van der Waals surface area contributed by atoms with Gasteiger partial charge in [0.2, 0.25) is 5.88 Å². The van der Waals surface area contributed by atoms with Crippen LogP contribution in [0.15, 0.2) is 12.3 Å². The molecule has 1 rings (SSSR count). The SMILES string of the molecule is CCCCCCCCOc1ncc(C=O)cc1C. The number of aldehydes is 1. The number of ether oxygens (including phenoxy) is 1. The van der Waals surface area contributed by atoms with Crippen LogP contribution in [0.25, 0.3) is 0 Å². The Morgan fingerprint density at radius 3 is 2.61 bits per heavy atom. The van der Waals surface area contributed by atoms with Gasteiger partial charge < -0.3 is 4.74 Å². The monoisotopic (exact) mass is 249 g/mol. The summed E-state index contributed by atoms with van der Waals surface area (Å²) in [5.74, 6) is 0.647. The molecule has 0 saturated heterocycles. The number of hydrogen-bond donors (Lipinski definition) is 0. The normalized spacial score (nSPS) is 10.3. The Kier molecular flexibility index (Phi) is 7.07. The van der Waals surface area contributed by atoms with E-state index in [4.69, 9.17) is 4.74 Å². The molecule has 0 radical (unpaired) electrons. The van der Waals surface area contributed by atoms with Crippen molar-refractivity contribution in [2.45, 2.75) is 52.4 Å². The van der Waals surface area contributed by atoms with E-state index in [-0.39, 0.29) is 0 Å². The van der Waals surface area contributed by atoms with Crippen molar-refractivity contribution >= 4 is 6.29 Å². The second-order valence-electron chi connectivity index (χ2n) is 4.62. The van der Waals surface area contributed by atoms with Gasteiger partial charge in [-0.25, -0.2) is 4.98 Å². The molecule has 0 atom stereocenters. The number of pyridine rings is 1. The van der Waals surface area contributed by atoms with Gasteiger partial charge in [-0.15, -0.1) is 0 Å². The molecule has 0 aliphatic heterocycles. The summed E-state index contributed by atoms with van der Waals surface area (Å²) in [4.78, 5) is 14.7. The minimum atomic E-state index is 0.597. The maximum atomic E-state index is 10.6. The molecule has 3 heteroatoms. The largest absolute Gasteiger partial charge is 0.477 e. The first-order valence-corrected chi connectivity index (χ1v) is 6.82. The number of carbonyl (C=O) groups is 1. The molecule has 0 aromatic carbocycles. The van der Waals surface area contributed by atoms with E-state index >= 15 is 0 Å². The van der Waals surface area contributed by atoms with E-state index in [9.17, 15) is 4.79 Å². The lowest BCUT2D eigenvalue weighted by Crippen LogP contribution is -2.01. The van der Waals surface area contributed by atoms with Gasteiger partial charge in [-0.2, -0.15) is 0 Å². The van der Waals surface area contributed by atoms with Crippen molar-refractivity contribution in [3.8, 4) is 5.88 Å². The summed E-state index contributed by atoms with van der Waals surface area (Å²) in [7, 11) is 0. The molecular weight excluding hydrogens is 226 g/mol. The fourth-order valence-electron chi connectivity index (χ4n) is 1.85. The third-order valence-electron chi connectivity index (χ3n) is 2.92. The van der Waals surface area contributed by atoms with Crippen LogP contribution in [0.3, 0.4) is 0 Å². The van der Waals surface area contributed by atoms with Crippen LogP contribution in [0.5, 0.6) is 5.88 Å². The Bertz CT molecular complexity index is 364. The third kappa shape index (κ3) is 5.30. The van der Waals surface area contributed by atoms with Crippen LogP contribution in [0.2, 0.25) is 0 Å². The summed E-state index contributed by atoms with van der Waals surface area (Å²) >= 11 is 0. The molecule has 0 unspecified atom stereocenters. The number of hydrogen-bond acceptors (Lipinski definition) is 3. The van der Waals surface area contributed by atoms with Gasteiger partial charge in [-0.3, -0.25) is 4.79 Å². The highest BCUT2D eigenvalue weighted by molar-refractivity contribution is 5.74. The fraction of sp³-hybridized carbons (Fsp3) is 0.600. The van der Waals surface area contributed by atoms with E-state index in [2.05, 4.69) is 11.9 Å². The lowest BCUT2D eigenvalue weighted by molar-refractivity contribution is 0.112. The predicted octanol–water partition coefficient (Wildman–Crippen LogP) is 3.94. The second-order valence-corrected chi connectivity index (χ2v) is 4.62. The summed E-state index contributed by atoms with van der Waals surface area (Å²) in [6.45, 7) is 4.84. The fourth-order valence-corrected chi connectivity index (χ4v) is 1.85. The zero-order valence-corrected chi connectivity index (χ0v) is 11.4. The molecule has 0 N–H and O–H groups in total. The highest BCUT2D eigenvalue weighted by Crippen LogP contribution is 2.15. The first-order valence-electron chi connectivity index (χ1n) is 6.82. The Hall–Kier alpha value is -1.38. The van der Waals surface area contributed by atoms with Gasteiger partial charge in [0, 0.05) is 17.3 Å². The quantitative estimate of drug-likeness (QED) is 0.491. The Morgan fingerprint density at radius 2 is 1.94 bits per heavy atom. The number of nitrogens with zero attached hydrogens (tertiary/aromatic N) is 1. The Morgan fingerprint density at radius 1 is 1.22 bits per heavy atom. The lowest BCUT2D eigenvalue weighted by Gasteiger charge is -2.08. The zero-order valence-electron chi connectivity index (χ0n) is 11.4. The van der Waals surface area contributed by atoms with Crippen LogP contribution in [-0.2, 0) is 0 Å². The van der Waals surface area contributed by atoms with E-state index in [1.54, 1.807) is 12.3 Å². The maximum Gasteiger partial charge on any atom is 0.216 e. The van der Waals surface area contributed by atoms with Crippen LogP contribution in [0, 0.1) is 6.92 Å². The van der Waals surface area contributed by atoms with Crippen molar-refractivity contribution in [1.82, 2.24) is 4.98 Å². The zero-order chi connectivity index (χ0) is 13.2. The molecule has 0 amide bonds. The topological polar surface area (TPSA) is 39.2 Å². The van der Waals surface area contributed by atoms with Crippen molar-refractivity contribution in [1.29, 1.82) is 0 Å². The molecule has 0 bridgehead atoms. The van der Waals surface area contributed by atoms with Crippen LogP contribution < -0.4 is 4.74 Å². The van der Waals surface area contributed by atoms with Gasteiger partial charge in [0.25, 0.3) is 0 Å². The molecule has 0 spiro atoms. The van der Waals surface area contributed by atoms with Gasteiger partial charge >= 0.3 is 0 Å². The van der Waals surface area contributed by atoms with Gasteiger partial charge in [0.15, 0.2) is 6.29 Å². The van der Waals surface area contributed by atoms with Crippen LogP contribution in [0.4, 0.5) is 0 Å². The minimum Gasteiger partial charge on any atom is -0.477 e. The van der Waals surface area contributed by atoms with E-state index in [0.717, 1.165) is 18.3 Å². The summed E-state index contributed by atoms with van der Waals surface area (Å²) < 4.78 is 5.62. The molecule has 1 aromatic heterocycles. The minimum absolute atomic E-state index is 0.597. The van der Waals surface area contributed by atoms with Crippen molar-refractivity contribution in [3.63, 3.8) is 0 Å². The number of unbranched alkanes of at least 4 members (excludes halogenated alkanes) is 5. The molecule has 3 nitrogen and oxygen atoms in total. The maximum absolute atomic E-state index is 10.6. The molecule has 0 fully saturated rings. The van der Waals surface area contributed by atoms with Crippen molar-refractivity contribution in [3.05, 3.63) is 23.4 Å². The van der Waals surface area contributed by atoms with Gasteiger partial charge in [-0.1, -0.05) is 39.0 Å². The average molecular weight is 249 g/mol. The Balaban J connectivity index is 2.21. The number of aryl methyl sites for hydroxylation is 1. The summed E-state index contributed by atoms with van der Waals surface area (Å²) in [5.41, 5.74) is 1.52. The number of carbonyl (C=O) groups excluding carboxylic acids is 1. The molecule has 0 aliphatic rings. The molecule has 18 heavy (non-hydrogen) atoms. The lowest BCUT2D eigenvalue weighted by atomic mass is 10.1. The van der Waals surface area contributed by atoms with E-state index < -0.39 is 0 Å². The highest BCUT2D eigenvalue weighted by atomic mass is 16.5. The van der Waals surface area contributed by atoms with Crippen molar-refractivity contribution < 1.29 is 9.53 Å². The molecule has 1 heterocycles. The molecule has 100 valence electrons. The van der Waals surface area contributed by atoms with E-state index in [0.29, 0.717) is 18.1 Å². The van der Waals surface area contributed by atoms with E-state index in [1.807, 2.05) is 6.92 Å². The van der Waals surface area contributed by atoms with Crippen LogP contribution in [-0.4, -0.2) is 17.9 Å². The summed E-state index contributed by atoms with van der Waals surface area (Å²) in [5, 5.41) is 0.